The molecule has 0 radical (unpaired) electrons. The van der Waals surface area contributed by atoms with E-state index in [1.54, 1.807) is 0 Å². The lowest BCUT2D eigenvalue weighted by atomic mass is 9.86. The number of nitriles is 1. The minimum atomic E-state index is 0.330. The van der Waals surface area contributed by atoms with Crippen LogP contribution < -0.4 is 0 Å². The molecule has 2 rings (SSSR count). The number of nitrogens with zero attached hydrogens (tertiary/aromatic N) is 3. The Hall–Kier alpha value is -0.590. The van der Waals surface area contributed by atoms with E-state index in [-0.39, 0.29) is 0 Å². The SMILES string of the molecule is CN1CCC(N(C)C2CCC(C#N)CC2)C1. The van der Waals surface area contributed by atoms with Gasteiger partial charge in [0.15, 0.2) is 0 Å². The summed E-state index contributed by atoms with van der Waals surface area (Å²) in [6.45, 7) is 2.46. The van der Waals surface area contributed by atoms with Crippen molar-refractivity contribution in [3.63, 3.8) is 0 Å². The van der Waals surface area contributed by atoms with E-state index < -0.39 is 0 Å². The summed E-state index contributed by atoms with van der Waals surface area (Å²) in [5, 5.41) is 8.89. The smallest absolute Gasteiger partial charge is 0.0655 e. The van der Waals surface area contributed by atoms with Gasteiger partial charge >= 0.3 is 0 Å². The third kappa shape index (κ3) is 2.56. The lowest BCUT2D eigenvalue weighted by molar-refractivity contribution is 0.131. The van der Waals surface area contributed by atoms with Crippen LogP contribution in [0.4, 0.5) is 0 Å². The molecule has 0 bridgehead atoms. The second-order valence-electron chi connectivity index (χ2n) is 5.50. The first kappa shape index (κ1) is 11.9. The molecular weight excluding hydrogens is 198 g/mol. The second-order valence-corrected chi connectivity index (χ2v) is 5.50. The Bertz CT molecular complexity index is 263. The van der Waals surface area contributed by atoms with Crippen molar-refractivity contribution in [2.45, 2.75) is 44.2 Å². The van der Waals surface area contributed by atoms with Crippen LogP contribution in [0.2, 0.25) is 0 Å². The fourth-order valence-corrected chi connectivity index (χ4v) is 3.15. The van der Waals surface area contributed by atoms with Gasteiger partial charge < -0.3 is 4.90 Å². The number of likely N-dealkylation sites (N-methyl/N-ethyl adjacent to an activating group) is 2. The number of rotatable bonds is 2. The van der Waals surface area contributed by atoms with E-state index in [1.165, 1.54) is 32.4 Å². The molecule has 1 heterocycles. The van der Waals surface area contributed by atoms with Crippen LogP contribution in [0.1, 0.15) is 32.1 Å². The van der Waals surface area contributed by atoms with E-state index in [1.807, 2.05) is 0 Å². The predicted molar refractivity (Wildman–Crippen MR) is 65.0 cm³/mol. The van der Waals surface area contributed by atoms with Crippen molar-refractivity contribution in [2.75, 3.05) is 27.2 Å². The first-order chi connectivity index (χ1) is 7.70. The average Bonchev–Trinajstić information content (AvgIpc) is 2.75. The van der Waals surface area contributed by atoms with E-state index in [0.717, 1.165) is 24.9 Å². The van der Waals surface area contributed by atoms with Crippen molar-refractivity contribution in [3.05, 3.63) is 0 Å². The van der Waals surface area contributed by atoms with Gasteiger partial charge in [0, 0.05) is 24.5 Å². The highest BCUT2D eigenvalue weighted by Gasteiger charge is 2.30. The van der Waals surface area contributed by atoms with Gasteiger partial charge in [-0.05, 0) is 52.7 Å². The molecular formula is C13H23N3. The van der Waals surface area contributed by atoms with E-state index in [4.69, 9.17) is 5.26 Å². The summed E-state index contributed by atoms with van der Waals surface area (Å²) in [6.07, 6.45) is 5.96. The summed E-state index contributed by atoms with van der Waals surface area (Å²) in [6, 6.07) is 3.88. The monoisotopic (exact) mass is 221 g/mol. The number of likely N-dealkylation sites (tertiary alicyclic amines) is 1. The highest BCUT2D eigenvalue weighted by atomic mass is 15.2. The zero-order chi connectivity index (χ0) is 11.5. The molecule has 1 atom stereocenters. The van der Waals surface area contributed by atoms with Crippen LogP contribution in [0.15, 0.2) is 0 Å². The van der Waals surface area contributed by atoms with Crippen molar-refractivity contribution in [1.29, 1.82) is 5.26 Å². The van der Waals surface area contributed by atoms with Crippen molar-refractivity contribution < 1.29 is 0 Å². The molecule has 0 aromatic heterocycles. The zero-order valence-electron chi connectivity index (χ0n) is 10.5. The Morgan fingerprint density at radius 2 is 1.81 bits per heavy atom. The van der Waals surface area contributed by atoms with Gasteiger partial charge in [0.1, 0.15) is 0 Å². The summed E-state index contributed by atoms with van der Waals surface area (Å²) in [5.41, 5.74) is 0. The lowest BCUT2D eigenvalue weighted by Crippen LogP contribution is -2.43. The molecule has 0 aromatic carbocycles. The van der Waals surface area contributed by atoms with Crippen LogP contribution in [-0.4, -0.2) is 49.1 Å². The van der Waals surface area contributed by atoms with Gasteiger partial charge in [-0.3, -0.25) is 4.90 Å². The Morgan fingerprint density at radius 3 is 2.31 bits per heavy atom. The largest absolute Gasteiger partial charge is 0.305 e. The Kier molecular flexibility index (Phi) is 3.83. The molecule has 0 amide bonds. The maximum absolute atomic E-state index is 8.89. The molecule has 0 spiro atoms. The number of hydrogen-bond donors (Lipinski definition) is 0. The Balaban J connectivity index is 1.82. The van der Waals surface area contributed by atoms with Crippen LogP contribution >= 0.6 is 0 Å². The second kappa shape index (κ2) is 5.16. The van der Waals surface area contributed by atoms with Gasteiger partial charge in [-0.15, -0.1) is 0 Å². The van der Waals surface area contributed by atoms with Crippen LogP contribution in [0.3, 0.4) is 0 Å². The minimum Gasteiger partial charge on any atom is -0.305 e. The molecule has 2 fully saturated rings. The molecule has 1 saturated carbocycles. The van der Waals surface area contributed by atoms with Crippen molar-refractivity contribution in [1.82, 2.24) is 9.80 Å². The number of hydrogen-bond acceptors (Lipinski definition) is 3. The van der Waals surface area contributed by atoms with E-state index in [0.29, 0.717) is 5.92 Å². The first-order valence-corrected chi connectivity index (χ1v) is 6.51. The Labute approximate surface area is 99.0 Å². The summed E-state index contributed by atoms with van der Waals surface area (Å²) in [7, 11) is 4.49. The summed E-state index contributed by atoms with van der Waals surface area (Å²) < 4.78 is 0. The van der Waals surface area contributed by atoms with Gasteiger partial charge in [-0.2, -0.15) is 5.26 Å². The summed E-state index contributed by atoms with van der Waals surface area (Å²) in [5.74, 6) is 0.330. The van der Waals surface area contributed by atoms with Gasteiger partial charge in [-0.25, -0.2) is 0 Å². The fraction of sp³-hybridized carbons (Fsp3) is 0.923. The summed E-state index contributed by atoms with van der Waals surface area (Å²) in [4.78, 5) is 5.00. The predicted octanol–water partition coefficient (Wildman–Crippen LogP) is 1.70. The molecule has 2 aliphatic rings. The van der Waals surface area contributed by atoms with Crippen molar-refractivity contribution in [2.24, 2.45) is 5.92 Å². The quantitative estimate of drug-likeness (QED) is 0.711. The van der Waals surface area contributed by atoms with Gasteiger partial charge in [0.25, 0.3) is 0 Å². The highest BCUT2D eigenvalue weighted by Crippen LogP contribution is 2.28. The molecule has 16 heavy (non-hydrogen) atoms. The van der Waals surface area contributed by atoms with Crippen LogP contribution in [0, 0.1) is 17.2 Å². The van der Waals surface area contributed by atoms with E-state index in [9.17, 15) is 0 Å². The lowest BCUT2D eigenvalue weighted by Gasteiger charge is -2.36. The average molecular weight is 221 g/mol. The third-order valence-electron chi connectivity index (χ3n) is 4.40. The highest BCUT2D eigenvalue weighted by molar-refractivity contribution is 4.91. The van der Waals surface area contributed by atoms with Crippen LogP contribution in [0.25, 0.3) is 0 Å². The molecule has 1 aliphatic heterocycles. The molecule has 90 valence electrons. The normalized spacial score (nSPS) is 36.5. The Morgan fingerprint density at radius 1 is 1.12 bits per heavy atom. The van der Waals surface area contributed by atoms with E-state index in [2.05, 4.69) is 30.0 Å². The molecule has 0 aromatic rings. The molecule has 1 saturated heterocycles. The van der Waals surface area contributed by atoms with Crippen molar-refractivity contribution in [3.8, 4) is 6.07 Å². The maximum Gasteiger partial charge on any atom is 0.0655 e. The summed E-state index contributed by atoms with van der Waals surface area (Å²) >= 11 is 0. The minimum absolute atomic E-state index is 0.330. The van der Waals surface area contributed by atoms with Gasteiger partial charge in [0.2, 0.25) is 0 Å². The topological polar surface area (TPSA) is 30.3 Å². The van der Waals surface area contributed by atoms with Crippen LogP contribution in [-0.2, 0) is 0 Å². The molecule has 1 unspecified atom stereocenters. The standard InChI is InChI=1S/C13H23N3/c1-15-8-7-13(10-15)16(2)12-5-3-11(9-14)4-6-12/h11-13H,3-8,10H2,1-2H3. The maximum atomic E-state index is 8.89. The first-order valence-electron chi connectivity index (χ1n) is 6.51. The van der Waals surface area contributed by atoms with Gasteiger partial charge in [-0.1, -0.05) is 0 Å². The third-order valence-corrected chi connectivity index (χ3v) is 4.40. The molecule has 1 aliphatic carbocycles. The molecule has 0 N–H and O–H groups in total. The fourth-order valence-electron chi connectivity index (χ4n) is 3.15. The van der Waals surface area contributed by atoms with Crippen LogP contribution in [0.5, 0.6) is 0 Å². The molecule has 3 heteroatoms. The van der Waals surface area contributed by atoms with E-state index >= 15 is 0 Å². The van der Waals surface area contributed by atoms with Gasteiger partial charge in [0.05, 0.1) is 6.07 Å². The molecule has 3 nitrogen and oxygen atoms in total. The zero-order valence-corrected chi connectivity index (χ0v) is 10.5. The van der Waals surface area contributed by atoms with Crippen molar-refractivity contribution >= 4 is 0 Å².